The number of ether oxygens (including phenoxy) is 2. The smallest absolute Gasteiger partial charge is 0.383 e. The number of hydrogen-bond donors (Lipinski definition) is 2. The van der Waals surface area contributed by atoms with Crippen LogP contribution in [-0.4, -0.2) is 63.7 Å². The number of halogens is 7. The number of aryl methyl sites for hydroxylation is 1. The van der Waals surface area contributed by atoms with Crippen LogP contribution in [0, 0.1) is 5.82 Å². The maximum atomic E-state index is 15.1. The molecule has 0 aliphatic rings. The first kappa shape index (κ1) is 34.0. The van der Waals surface area contributed by atoms with Gasteiger partial charge in [0.1, 0.15) is 29.5 Å². The summed E-state index contributed by atoms with van der Waals surface area (Å²) in [6.07, 6.45) is -7.79. The molecule has 3 aromatic heterocycles. The molecule has 12 nitrogen and oxygen atoms in total. The average Bonchev–Trinajstić information content (AvgIpc) is 3.01. The summed E-state index contributed by atoms with van der Waals surface area (Å²) in [5.41, 5.74) is -0.881. The molecule has 0 radical (unpaired) electrons. The van der Waals surface area contributed by atoms with Crippen LogP contribution in [0.15, 0.2) is 40.4 Å². The van der Waals surface area contributed by atoms with Crippen molar-refractivity contribution in [3.05, 3.63) is 68.5 Å². The molecular weight excluding hydrogens is 697 g/mol. The van der Waals surface area contributed by atoms with Crippen molar-refractivity contribution in [3.63, 3.8) is 0 Å². The Morgan fingerprint density at radius 2 is 1.80 bits per heavy atom. The van der Waals surface area contributed by atoms with Crippen LogP contribution in [0.25, 0.3) is 22.3 Å². The number of nitrogens with two attached hydrogens (primary N) is 1. The Kier molecular flexibility index (Phi) is 10.4. The Morgan fingerprint density at radius 1 is 1.06 bits per heavy atom. The second-order valence-electron chi connectivity index (χ2n) is 12.5. The molecule has 3 heterocycles. The zero-order valence-corrected chi connectivity index (χ0v) is 28.0. The van der Waals surface area contributed by atoms with Gasteiger partial charge in [-0.2, -0.15) is 31.4 Å². The third kappa shape index (κ3) is 9.42. The Bertz CT molecular complexity index is 2060. The van der Waals surface area contributed by atoms with Gasteiger partial charge in [0.25, 0.3) is 11.1 Å². The Balaban J connectivity index is 1.54. The summed E-state index contributed by atoms with van der Waals surface area (Å²) >= 11 is 0. The number of aromatic nitrogens is 6. The molecular formula is C30H35F7N8O4Si. The molecule has 0 spiro atoms. The van der Waals surface area contributed by atoms with Crippen LogP contribution in [-0.2, 0) is 35.1 Å². The highest BCUT2D eigenvalue weighted by atomic mass is 28.3. The van der Waals surface area contributed by atoms with Crippen LogP contribution in [0.1, 0.15) is 28.1 Å². The van der Waals surface area contributed by atoms with E-state index >= 15 is 4.39 Å². The van der Waals surface area contributed by atoms with Crippen molar-refractivity contribution < 1.29 is 44.3 Å². The predicted octanol–water partition coefficient (Wildman–Crippen LogP) is 5.39. The zero-order valence-electron chi connectivity index (χ0n) is 30.0. The SMILES string of the molecule is [2H]C([2H])([2H])OCC(CCCn1cnc2cc(-c3ncc(C(F)(F)F)c(N)n3)c(F)cc2c1=O)Nc1cnn(COCC[Si](C)(C)C)c(=O)c1C(F)(F)F. The number of fused-ring (bicyclic) bond motifs is 1. The van der Waals surface area contributed by atoms with Crippen LogP contribution in [0.4, 0.5) is 42.2 Å². The molecule has 50 heavy (non-hydrogen) atoms. The van der Waals surface area contributed by atoms with Crippen molar-refractivity contribution in [1.82, 2.24) is 29.3 Å². The van der Waals surface area contributed by atoms with Gasteiger partial charge in [0.15, 0.2) is 5.82 Å². The first-order chi connectivity index (χ1) is 24.4. The van der Waals surface area contributed by atoms with Gasteiger partial charge >= 0.3 is 12.4 Å². The average molecular weight is 736 g/mol. The number of rotatable bonds is 14. The molecule has 0 fully saturated rings. The van der Waals surface area contributed by atoms with E-state index in [0.29, 0.717) is 16.9 Å². The van der Waals surface area contributed by atoms with Gasteiger partial charge in [-0.25, -0.2) is 24.0 Å². The highest BCUT2D eigenvalue weighted by Gasteiger charge is 2.39. The van der Waals surface area contributed by atoms with Crippen LogP contribution in [0.3, 0.4) is 0 Å². The summed E-state index contributed by atoms with van der Waals surface area (Å²) in [5, 5.41) is 6.09. The normalized spacial score (nSPS) is 14.3. The van der Waals surface area contributed by atoms with E-state index in [1.807, 2.05) is 0 Å². The highest BCUT2D eigenvalue weighted by molar-refractivity contribution is 6.76. The number of hydrogen-bond acceptors (Lipinski definition) is 10. The molecule has 0 aliphatic heterocycles. The van der Waals surface area contributed by atoms with Gasteiger partial charge < -0.3 is 20.5 Å². The van der Waals surface area contributed by atoms with E-state index in [0.717, 1.165) is 29.2 Å². The predicted molar refractivity (Wildman–Crippen MR) is 173 cm³/mol. The fourth-order valence-electron chi connectivity index (χ4n) is 4.77. The second kappa shape index (κ2) is 15.2. The number of benzene rings is 1. The van der Waals surface area contributed by atoms with Crippen LogP contribution in [0.5, 0.6) is 0 Å². The molecule has 20 heteroatoms. The third-order valence-electron chi connectivity index (χ3n) is 7.41. The molecule has 0 bridgehead atoms. The van der Waals surface area contributed by atoms with Crippen molar-refractivity contribution in [2.45, 2.75) is 70.2 Å². The van der Waals surface area contributed by atoms with E-state index < -0.39 is 92.2 Å². The van der Waals surface area contributed by atoms with Crippen molar-refractivity contribution in [3.8, 4) is 11.4 Å². The fraction of sp³-hybridized carbons (Fsp3) is 0.467. The van der Waals surface area contributed by atoms with Gasteiger partial charge in [-0.3, -0.25) is 14.2 Å². The maximum Gasteiger partial charge on any atom is 0.423 e. The lowest BCUT2D eigenvalue weighted by atomic mass is 10.1. The lowest BCUT2D eigenvalue weighted by Crippen LogP contribution is -2.35. The fourth-order valence-corrected chi connectivity index (χ4v) is 5.53. The number of nitrogens with one attached hydrogen (secondary N) is 1. The molecule has 3 N–H and O–H groups in total. The highest BCUT2D eigenvalue weighted by Crippen LogP contribution is 2.34. The maximum absolute atomic E-state index is 15.1. The summed E-state index contributed by atoms with van der Waals surface area (Å²) in [4.78, 5) is 37.3. The summed E-state index contributed by atoms with van der Waals surface area (Å²) in [6.45, 7) is 5.17. The van der Waals surface area contributed by atoms with Gasteiger partial charge in [-0.05, 0) is 31.0 Å². The summed E-state index contributed by atoms with van der Waals surface area (Å²) in [6, 6.07) is 1.43. The quantitative estimate of drug-likeness (QED) is 0.0980. The number of nitrogens with zero attached hydrogens (tertiary/aromatic N) is 6. The van der Waals surface area contributed by atoms with E-state index in [9.17, 15) is 35.9 Å². The molecule has 1 unspecified atom stereocenters. The monoisotopic (exact) mass is 735 g/mol. The minimum absolute atomic E-state index is 0.0190. The Morgan fingerprint density at radius 3 is 2.44 bits per heavy atom. The first-order valence-corrected chi connectivity index (χ1v) is 18.7. The van der Waals surface area contributed by atoms with Crippen LogP contribution < -0.4 is 22.2 Å². The number of anilines is 2. The van der Waals surface area contributed by atoms with E-state index in [2.05, 4.69) is 45.0 Å². The summed E-state index contributed by atoms with van der Waals surface area (Å²) in [7, 11) is -4.43. The molecule has 0 amide bonds. The van der Waals surface area contributed by atoms with Gasteiger partial charge in [0.2, 0.25) is 0 Å². The van der Waals surface area contributed by atoms with Crippen LogP contribution >= 0.6 is 0 Å². The number of nitrogen functional groups attached to an aromatic ring is 1. The lowest BCUT2D eigenvalue weighted by molar-refractivity contribution is -0.139. The molecule has 0 aliphatic carbocycles. The lowest BCUT2D eigenvalue weighted by Gasteiger charge is -2.22. The first-order valence-electron chi connectivity index (χ1n) is 16.5. The van der Waals surface area contributed by atoms with Gasteiger partial charge in [-0.15, -0.1) is 0 Å². The van der Waals surface area contributed by atoms with Gasteiger partial charge in [-0.1, -0.05) is 19.6 Å². The van der Waals surface area contributed by atoms with E-state index in [-0.39, 0.29) is 42.5 Å². The minimum Gasteiger partial charge on any atom is -0.383 e. The summed E-state index contributed by atoms with van der Waals surface area (Å²) in [5.74, 6) is -2.48. The van der Waals surface area contributed by atoms with Crippen molar-refractivity contribution in [2.24, 2.45) is 0 Å². The van der Waals surface area contributed by atoms with E-state index in [4.69, 9.17) is 19.3 Å². The van der Waals surface area contributed by atoms with Gasteiger partial charge in [0.05, 0.1) is 45.4 Å². The minimum atomic E-state index is -5.14. The summed E-state index contributed by atoms with van der Waals surface area (Å²) < 4.78 is 131. The third-order valence-corrected chi connectivity index (χ3v) is 9.11. The van der Waals surface area contributed by atoms with Crippen molar-refractivity contribution >= 4 is 30.5 Å². The zero-order chi connectivity index (χ0) is 39.5. The largest absolute Gasteiger partial charge is 0.423 e. The number of methoxy groups -OCH3 is 1. The molecule has 1 aromatic carbocycles. The van der Waals surface area contributed by atoms with E-state index in [1.165, 1.54) is 0 Å². The van der Waals surface area contributed by atoms with Crippen LogP contribution in [0.2, 0.25) is 25.7 Å². The standard InChI is InChI=1S/C30H35F7N8O4Si/c1-48-14-17(42-23-13-41-45(16-49-8-9-50(2,3)4)28(47)24(23)30(35,36)37)6-5-7-44-15-40-22-11-18(21(31)10-19(22)27(44)46)26-39-12-20(25(38)43-26)29(32,33)34/h10-13,15,17,42H,5-9,14,16H2,1-4H3,(H2,38,39,43)/i1D3. The molecule has 4 rings (SSSR count). The molecule has 0 saturated carbocycles. The van der Waals surface area contributed by atoms with Gasteiger partial charge in [0, 0.05) is 40.5 Å². The molecule has 1 atom stereocenters. The Hall–Kier alpha value is -4.43. The van der Waals surface area contributed by atoms with Crippen molar-refractivity contribution in [2.75, 3.05) is 31.3 Å². The van der Waals surface area contributed by atoms with E-state index in [1.54, 1.807) is 0 Å². The topological polar surface area (TPSA) is 152 Å². The number of alkyl halides is 6. The molecule has 272 valence electrons. The Labute approximate surface area is 285 Å². The molecule has 0 saturated heterocycles. The molecule has 4 aromatic rings. The second-order valence-corrected chi connectivity index (χ2v) is 18.1. The van der Waals surface area contributed by atoms with Crippen molar-refractivity contribution in [1.29, 1.82) is 0 Å².